The number of carboxylic acids is 1. The van der Waals surface area contributed by atoms with E-state index in [0.717, 1.165) is 6.42 Å². The molecule has 0 aliphatic carbocycles. The minimum atomic E-state index is -1.28. The van der Waals surface area contributed by atoms with Crippen molar-refractivity contribution in [3.05, 3.63) is 28.2 Å². The number of carbonyl (C=O) groups excluding carboxylic acids is 1. The number of piperidine rings is 1. The molecule has 6 nitrogen and oxygen atoms in total. The average molecular weight is 412 g/mol. The molecule has 4 N–H and O–H groups in total. The highest BCUT2D eigenvalue weighted by molar-refractivity contribution is 6.42. The lowest BCUT2D eigenvalue weighted by Gasteiger charge is -2.40. The predicted molar refractivity (Wildman–Crippen MR) is 109 cm³/mol. The molecule has 1 fully saturated rings. The van der Waals surface area contributed by atoms with Crippen LogP contribution < -0.4 is 11.1 Å². The van der Waals surface area contributed by atoms with Gasteiger partial charge in [0.1, 0.15) is 5.54 Å². The molecule has 9 heteroatoms. The molecule has 0 saturated carbocycles. The highest BCUT2D eigenvalue weighted by Gasteiger charge is 2.43. The number of likely N-dealkylation sites (tertiary alicyclic amines) is 1. The van der Waals surface area contributed by atoms with Gasteiger partial charge in [-0.3, -0.25) is 4.79 Å². The second-order valence-corrected chi connectivity index (χ2v) is 7.73. The van der Waals surface area contributed by atoms with Gasteiger partial charge in [-0.15, -0.1) is 0 Å². The monoisotopic (exact) mass is 411 g/mol. The number of amides is 2. The number of benzene rings is 1. The van der Waals surface area contributed by atoms with E-state index in [9.17, 15) is 14.7 Å². The van der Waals surface area contributed by atoms with Crippen LogP contribution in [0, 0.1) is 5.92 Å². The van der Waals surface area contributed by atoms with Crippen LogP contribution in [0.5, 0.6) is 0 Å². The Labute approximate surface area is 170 Å². The Hall–Kier alpha value is -1.44. The number of anilines is 1. The lowest BCUT2D eigenvalue weighted by molar-refractivity contribution is -0.146. The van der Waals surface area contributed by atoms with E-state index in [4.69, 9.17) is 36.8 Å². The van der Waals surface area contributed by atoms with Crippen LogP contribution in [0.25, 0.3) is 0 Å². The summed E-state index contributed by atoms with van der Waals surface area (Å²) in [6, 6.07) is 4.61. The average Bonchev–Trinajstić information content (AvgIpc) is 2.64. The number of nitrogens with two attached hydrogens (primary N) is 1. The Balaban J connectivity index is 1.93. The van der Waals surface area contributed by atoms with Crippen molar-refractivity contribution in [3.8, 4) is 0 Å². The molecule has 1 aromatic carbocycles. The van der Waals surface area contributed by atoms with Gasteiger partial charge in [-0.05, 0) is 43.4 Å². The third-order valence-corrected chi connectivity index (χ3v) is 5.86. The fourth-order valence-electron chi connectivity index (χ4n) is 3.42. The quantitative estimate of drug-likeness (QED) is 0.469. The van der Waals surface area contributed by atoms with Crippen LogP contribution in [-0.4, -0.2) is 48.5 Å². The van der Waals surface area contributed by atoms with Crippen LogP contribution in [-0.2, 0) is 4.79 Å². The fourth-order valence-corrected chi connectivity index (χ4v) is 3.72. The van der Waals surface area contributed by atoms with Gasteiger partial charge in [-0.2, -0.15) is 0 Å². The second-order valence-electron chi connectivity index (χ2n) is 6.91. The number of hydrogen-bond acceptors (Lipinski definition) is 3. The third kappa shape index (κ3) is 5.53. The number of carbonyl (C=O) groups is 2. The summed E-state index contributed by atoms with van der Waals surface area (Å²) in [4.78, 5) is 25.9. The van der Waals surface area contributed by atoms with E-state index in [-0.39, 0.29) is 11.9 Å². The maximum absolute atomic E-state index is 12.4. The number of nitrogens with zero attached hydrogens (tertiary/aromatic N) is 1. The molecule has 2 rings (SSSR count). The third-order valence-electron chi connectivity index (χ3n) is 5.12. The molecule has 1 aromatic rings. The molecule has 1 atom stereocenters. The fraction of sp³-hybridized carbons (Fsp3) is 0.556. The van der Waals surface area contributed by atoms with E-state index in [1.165, 1.54) is 0 Å². The minimum absolute atomic E-state index is 0.179. The van der Waals surface area contributed by atoms with Crippen LogP contribution in [0.1, 0.15) is 32.1 Å². The first-order chi connectivity index (χ1) is 12.8. The Morgan fingerprint density at radius 2 is 1.93 bits per heavy atom. The number of nitrogens with one attached hydrogen (secondary N) is 1. The summed E-state index contributed by atoms with van der Waals surface area (Å²) in [5.41, 5.74) is 5.52. The van der Waals surface area contributed by atoms with Gasteiger partial charge in [0.05, 0.1) is 17.9 Å². The first-order valence-electron chi connectivity index (χ1n) is 9.01. The van der Waals surface area contributed by atoms with Crippen LogP contribution in [0.15, 0.2) is 18.2 Å². The van der Waals surface area contributed by atoms with Gasteiger partial charge >= 0.3 is 12.0 Å². The molecule has 146 valence electrons. The lowest BCUT2D eigenvalue weighted by atomic mass is 9.75. The molecule has 1 aliphatic heterocycles. The molecular weight excluding hydrogens is 388 g/mol. The second kappa shape index (κ2) is 9.67. The standard InChI is InChI=1S/C18H24BCl2N3O3/c19-8-2-1-7-18(22,16(25)26)12-5-9-24(10-6-12)17(27)23-13-3-4-14(20)15(21)11-13/h3-4,11-12H,1-2,5-10,22H2,(H,23,27)(H,25,26). The van der Waals surface area contributed by atoms with E-state index in [0.29, 0.717) is 60.8 Å². The molecular formula is C18H24BCl2N3O3. The topological polar surface area (TPSA) is 95.7 Å². The van der Waals surface area contributed by atoms with E-state index >= 15 is 0 Å². The van der Waals surface area contributed by atoms with Gasteiger partial charge < -0.3 is 21.1 Å². The van der Waals surface area contributed by atoms with Gasteiger partial charge in [0.2, 0.25) is 0 Å². The number of rotatable bonds is 7. The van der Waals surface area contributed by atoms with Gasteiger partial charge in [-0.25, -0.2) is 4.79 Å². The first kappa shape index (κ1) is 21.9. The molecule has 1 heterocycles. The highest BCUT2D eigenvalue weighted by Crippen LogP contribution is 2.32. The van der Waals surface area contributed by atoms with Gasteiger partial charge in [0.15, 0.2) is 0 Å². The Kier molecular flexibility index (Phi) is 7.83. The van der Waals surface area contributed by atoms with Crippen molar-refractivity contribution in [1.29, 1.82) is 0 Å². The van der Waals surface area contributed by atoms with Gasteiger partial charge in [0.25, 0.3) is 0 Å². The number of aliphatic carboxylic acids is 1. The Morgan fingerprint density at radius 3 is 2.48 bits per heavy atom. The molecule has 27 heavy (non-hydrogen) atoms. The summed E-state index contributed by atoms with van der Waals surface area (Å²) in [7, 11) is 5.49. The number of halogens is 2. The molecule has 0 bridgehead atoms. The summed E-state index contributed by atoms with van der Waals surface area (Å²) in [6.07, 6.45) is 3.41. The smallest absolute Gasteiger partial charge is 0.323 e. The summed E-state index contributed by atoms with van der Waals surface area (Å²) in [5, 5.41) is 13.2. The van der Waals surface area contributed by atoms with Crippen LogP contribution in [0.4, 0.5) is 10.5 Å². The number of carboxylic acid groups (broad SMARTS) is 1. The van der Waals surface area contributed by atoms with Crippen LogP contribution in [0.2, 0.25) is 16.4 Å². The number of urea groups is 1. The molecule has 0 aromatic heterocycles. The van der Waals surface area contributed by atoms with E-state index in [2.05, 4.69) is 5.32 Å². The Bertz CT molecular complexity index is 684. The minimum Gasteiger partial charge on any atom is -0.480 e. The first-order valence-corrected chi connectivity index (χ1v) is 9.77. The molecule has 0 spiro atoms. The normalized spacial score (nSPS) is 17.4. The van der Waals surface area contributed by atoms with Gasteiger partial charge in [-0.1, -0.05) is 42.4 Å². The van der Waals surface area contributed by atoms with Crippen molar-refractivity contribution >= 4 is 48.7 Å². The SMILES string of the molecule is [B]CCCCC(N)(C(=O)O)C1CCN(C(=O)Nc2ccc(Cl)c(Cl)c2)CC1. The van der Waals surface area contributed by atoms with Crippen molar-refractivity contribution in [1.82, 2.24) is 4.90 Å². The molecule has 1 aliphatic rings. The van der Waals surface area contributed by atoms with Crippen molar-refractivity contribution in [2.75, 3.05) is 18.4 Å². The number of unbranched alkanes of at least 4 members (excludes halogenated alkanes) is 1. The van der Waals surface area contributed by atoms with E-state index in [1.807, 2.05) is 0 Å². The summed E-state index contributed by atoms with van der Waals surface area (Å²) < 4.78 is 0. The maximum Gasteiger partial charge on any atom is 0.323 e. The Morgan fingerprint density at radius 1 is 1.26 bits per heavy atom. The van der Waals surface area contributed by atoms with Crippen molar-refractivity contribution in [2.24, 2.45) is 11.7 Å². The zero-order chi connectivity index (χ0) is 20.0. The highest BCUT2D eigenvalue weighted by atomic mass is 35.5. The number of hydrogen-bond donors (Lipinski definition) is 3. The zero-order valence-corrected chi connectivity index (χ0v) is 16.6. The van der Waals surface area contributed by atoms with Gasteiger partial charge in [0, 0.05) is 18.8 Å². The predicted octanol–water partition coefficient (Wildman–Crippen LogP) is 3.78. The van der Waals surface area contributed by atoms with Crippen LogP contribution >= 0.6 is 23.2 Å². The summed E-state index contributed by atoms with van der Waals surface area (Å²) in [6.45, 7) is 0.891. The molecule has 2 radical (unpaired) electrons. The maximum atomic E-state index is 12.4. The summed E-state index contributed by atoms with van der Waals surface area (Å²) in [5.74, 6) is -1.17. The van der Waals surface area contributed by atoms with Crippen LogP contribution in [0.3, 0.4) is 0 Å². The molecule has 2 amide bonds. The lowest BCUT2D eigenvalue weighted by Crippen LogP contribution is -2.57. The van der Waals surface area contributed by atoms with E-state index < -0.39 is 11.5 Å². The van der Waals surface area contributed by atoms with Crippen molar-refractivity contribution in [2.45, 2.75) is 44.0 Å². The van der Waals surface area contributed by atoms with Crippen molar-refractivity contribution < 1.29 is 14.7 Å². The zero-order valence-electron chi connectivity index (χ0n) is 15.1. The van der Waals surface area contributed by atoms with Crippen molar-refractivity contribution in [3.63, 3.8) is 0 Å². The largest absolute Gasteiger partial charge is 0.480 e. The summed E-state index contributed by atoms with van der Waals surface area (Å²) >= 11 is 11.8. The molecule has 1 saturated heterocycles. The molecule has 1 unspecified atom stereocenters. The van der Waals surface area contributed by atoms with E-state index in [1.54, 1.807) is 23.1 Å².